The number of primary amides is 1. The number of hydrogen-bond donors (Lipinski definition) is 3. The standard InChI is InChI=1S/C28H39NO3S.C3H8.CH2O2/c1-7-27(31,8-2)19-32-24-14-13-23(18-21(24)6)28(9-3,10-4)25-17-20(5)11-12-22(26(29)30)15-16-33-25;1-3-2;2-1-3/h11-15,17-18,31H,5,7-10,16,19H2,1-4,6H3,(H2,29,30);3H2,1-2H3;1H,(H,2,3)/b12-11-,22-15+,25-17-;;. The molecule has 0 aliphatic carbocycles. The van der Waals surface area contributed by atoms with Crippen LogP contribution in [0.4, 0.5) is 0 Å². The van der Waals surface area contributed by atoms with Gasteiger partial charge in [0.05, 0.1) is 5.60 Å². The van der Waals surface area contributed by atoms with E-state index in [9.17, 15) is 9.90 Å². The molecule has 0 bridgehead atoms. The second-order valence-corrected chi connectivity index (χ2v) is 10.6. The lowest BCUT2D eigenvalue weighted by atomic mass is 9.74. The van der Waals surface area contributed by atoms with Gasteiger partial charge >= 0.3 is 0 Å². The van der Waals surface area contributed by atoms with Crippen LogP contribution in [0.1, 0.15) is 84.8 Å². The van der Waals surface area contributed by atoms with Crippen LogP contribution in [-0.4, -0.2) is 40.6 Å². The van der Waals surface area contributed by atoms with Crippen LogP contribution in [-0.2, 0) is 15.0 Å². The van der Waals surface area contributed by atoms with Gasteiger partial charge in [-0.2, -0.15) is 0 Å². The maximum atomic E-state index is 11.7. The van der Waals surface area contributed by atoms with E-state index >= 15 is 0 Å². The lowest BCUT2D eigenvalue weighted by Gasteiger charge is -2.35. The smallest absolute Gasteiger partial charge is 0.290 e. The van der Waals surface area contributed by atoms with Crippen molar-refractivity contribution in [1.82, 2.24) is 0 Å². The fraction of sp³-hybridized carbons (Fsp3) is 0.500. The molecule has 1 aromatic rings. The summed E-state index contributed by atoms with van der Waals surface area (Å²) in [5.74, 6) is 1.04. The Kier molecular flexibility index (Phi) is 17.2. The summed E-state index contributed by atoms with van der Waals surface area (Å²) in [6, 6.07) is 6.37. The van der Waals surface area contributed by atoms with E-state index in [0.29, 0.717) is 24.2 Å². The molecule has 39 heavy (non-hydrogen) atoms. The summed E-state index contributed by atoms with van der Waals surface area (Å²) in [5.41, 5.74) is 8.16. The largest absolute Gasteiger partial charge is 0.490 e. The monoisotopic (exact) mass is 559 g/mol. The van der Waals surface area contributed by atoms with Gasteiger partial charge in [-0.15, -0.1) is 11.8 Å². The van der Waals surface area contributed by atoms with Crippen LogP contribution in [0.25, 0.3) is 0 Å². The molecule has 4 N–H and O–H groups in total. The average molecular weight is 560 g/mol. The predicted molar refractivity (Wildman–Crippen MR) is 165 cm³/mol. The van der Waals surface area contributed by atoms with Gasteiger partial charge in [-0.3, -0.25) is 9.59 Å². The van der Waals surface area contributed by atoms with E-state index in [2.05, 4.69) is 59.4 Å². The first-order valence-electron chi connectivity index (χ1n) is 13.7. The van der Waals surface area contributed by atoms with Crippen molar-refractivity contribution in [3.63, 3.8) is 0 Å². The molecule has 1 amide bonds. The number of ether oxygens (including phenoxy) is 1. The average Bonchev–Trinajstić information content (AvgIpc) is 3.00. The van der Waals surface area contributed by atoms with Crippen molar-refractivity contribution in [2.45, 2.75) is 91.6 Å². The number of nitrogens with two attached hydrogens (primary N) is 1. The number of aliphatic hydroxyl groups is 1. The molecule has 0 saturated heterocycles. The van der Waals surface area contributed by atoms with Gasteiger partial charge in [-0.1, -0.05) is 78.8 Å². The number of carbonyl (C=O) groups excluding carboxylic acids is 1. The Morgan fingerprint density at radius 3 is 2.13 bits per heavy atom. The number of carboxylic acid groups (broad SMARTS) is 1. The normalized spacial score (nSPS) is 17.2. The fourth-order valence-electron chi connectivity index (χ4n) is 4.13. The zero-order valence-corrected chi connectivity index (χ0v) is 25.7. The second-order valence-electron chi connectivity index (χ2n) is 9.55. The number of rotatable bonds is 10. The van der Waals surface area contributed by atoms with Crippen LogP contribution in [0.2, 0.25) is 0 Å². The quantitative estimate of drug-likeness (QED) is 0.260. The minimum absolute atomic E-state index is 0.177. The Bertz CT molecular complexity index is 1020. The molecule has 1 aromatic carbocycles. The van der Waals surface area contributed by atoms with Crippen molar-refractivity contribution >= 4 is 24.1 Å². The fourth-order valence-corrected chi connectivity index (χ4v) is 5.49. The van der Waals surface area contributed by atoms with Crippen LogP contribution < -0.4 is 10.5 Å². The van der Waals surface area contributed by atoms with Crippen molar-refractivity contribution in [1.29, 1.82) is 0 Å². The molecule has 0 radical (unpaired) electrons. The molecular weight excluding hydrogens is 510 g/mol. The molecule has 2 rings (SSSR count). The molecule has 0 saturated carbocycles. The van der Waals surface area contributed by atoms with Crippen LogP contribution >= 0.6 is 11.8 Å². The Hall–Kier alpha value is -2.77. The molecule has 0 aromatic heterocycles. The summed E-state index contributed by atoms with van der Waals surface area (Å²) >= 11 is 1.73. The van der Waals surface area contributed by atoms with E-state index < -0.39 is 11.5 Å². The summed E-state index contributed by atoms with van der Waals surface area (Å²) in [7, 11) is 0. The number of hydrogen-bond acceptors (Lipinski definition) is 5. The van der Waals surface area contributed by atoms with Gasteiger partial charge in [-0.05, 0) is 72.4 Å². The van der Waals surface area contributed by atoms with E-state index in [1.54, 1.807) is 17.8 Å². The van der Waals surface area contributed by atoms with E-state index in [-0.39, 0.29) is 18.5 Å². The number of carbonyl (C=O) groups is 2. The summed E-state index contributed by atoms with van der Waals surface area (Å²) in [4.78, 5) is 21.3. The van der Waals surface area contributed by atoms with Crippen molar-refractivity contribution in [3.8, 4) is 5.75 Å². The van der Waals surface area contributed by atoms with Crippen molar-refractivity contribution in [2.75, 3.05) is 12.4 Å². The maximum absolute atomic E-state index is 11.7. The van der Waals surface area contributed by atoms with Gasteiger partial charge in [0.2, 0.25) is 5.91 Å². The van der Waals surface area contributed by atoms with Crippen LogP contribution in [0.5, 0.6) is 5.75 Å². The van der Waals surface area contributed by atoms with Crippen LogP contribution in [0.3, 0.4) is 0 Å². The van der Waals surface area contributed by atoms with E-state index in [1.807, 2.05) is 32.1 Å². The van der Waals surface area contributed by atoms with Crippen LogP contribution in [0.15, 0.2) is 65.1 Å². The third-order valence-electron chi connectivity index (χ3n) is 6.84. The third-order valence-corrected chi connectivity index (χ3v) is 7.99. The molecule has 1 aliphatic rings. The predicted octanol–water partition coefficient (Wildman–Crippen LogP) is 7.25. The minimum Gasteiger partial charge on any atom is -0.490 e. The minimum atomic E-state index is -0.800. The Balaban J connectivity index is 0.00000220. The number of amides is 1. The van der Waals surface area contributed by atoms with Gasteiger partial charge in [0.25, 0.3) is 6.47 Å². The van der Waals surface area contributed by atoms with Gasteiger partial charge in [0.1, 0.15) is 12.4 Å². The van der Waals surface area contributed by atoms with Gasteiger partial charge in [-0.25, -0.2) is 0 Å². The zero-order valence-electron chi connectivity index (χ0n) is 24.9. The molecule has 7 heteroatoms. The third kappa shape index (κ3) is 11.1. The molecular formula is C32H49NO5S. The summed E-state index contributed by atoms with van der Waals surface area (Å²) in [5, 5.41) is 17.5. The molecule has 0 unspecified atom stereocenters. The lowest BCUT2D eigenvalue weighted by Crippen LogP contribution is -2.34. The highest BCUT2D eigenvalue weighted by Crippen LogP contribution is 2.46. The number of aryl methyl sites for hydroxylation is 1. The van der Waals surface area contributed by atoms with Crippen molar-refractivity contribution in [2.24, 2.45) is 5.73 Å². The van der Waals surface area contributed by atoms with E-state index in [0.717, 1.165) is 29.7 Å². The molecule has 1 aliphatic heterocycles. The second kappa shape index (κ2) is 18.5. The van der Waals surface area contributed by atoms with Crippen molar-refractivity contribution < 1.29 is 24.5 Å². The number of thioether (sulfide) groups is 1. The molecule has 0 atom stereocenters. The van der Waals surface area contributed by atoms with Crippen molar-refractivity contribution in [3.05, 3.63) is 76.3 Å². The highest BCUT2D eigenvalue weighted by atomic mass is 32.2. The summed E-state index contributed by atoms with van der Waals surface area (Å²) in [6.07, 6.45) is 12.0. The molecule has 0 fully saturated rings. The highest BCUT2D eigenvalue weighted by molar-refractivity contribution is 8.03. The first-order valence-corrected chi connectivity index (χ1v) is 14.7. The van der Waals surface area contributed by atoms with Gasteiger partial charge < -0.3 is 20.7 Å². The molecule has 1 heterocycles. The summed E-state index contributed by atoms with van der Waals surface area (Å²) in [6.45, 7) is 18.9. The maximum Gasteiger partial charge on any atom is 0.290 e. The molecule has 0 spiro atoms. The Labute approximate surface area is 240 Å². The molecule has 6 nitrogen and oxygen atoms in total. The van der Waals surface area contributed by atoms with Crippen LogP contribution in [0, 0.1) is 6.92 Å². The SMILES string of the molecule is C=C1/C=C\C(C(N)=O)=C/CS/C(C(CC)(CC)c2ccc(OCC(O)(CC)CC)c(C)c2)=C\1.CCC.O=CO. The Morgan fingerprint density at radius 1 is 1.10 bits per heavy atom. The van der Waals surface area contributed by atoms with Gasteiger partial charge in [0, 0.05) is 16.7 Å². The van der Waals surface area contributed by atoms with Gasteiger partial charge in [0.15, 0.2) is 0 Å². The zero-order chi connectivity index (χ0) is 30.1. The first-order chi connectivity index (χ1) is 18.5. The summed E-state index contributed by atoms with van der Waals surface area (Å²) < 4.78 is 6.02. The highest BCUT2D eigenvalue weighted by Gasteiger charge is 2.34. The topological polar surface area (TPSA) is 110 Å². The van der Waals surface area contributed by atoms with E-state index in [1.165, 1.54) is 16.9 Å². The number of allylic oxidation sites excluding steroid dienone is 4. The Morgan fingerprint density at radius 2 is 1.67 bits per heavy atom. The first kappa shape index (κ1) is 36.2. The molecule has 218 valence electrons. The van der Waals surface area contributed by atoms with E-state index in [4.69, 9.17) is 20.4 Å². The lowest BCUT2D eigenvalue weighted by molar-refractivity contribution is -0.123. The number of benzene rings is 1.